The standard InChI is InChI=1S/C23H29F2N3O2/c1-17-5-2-3-7-19(17)15-28-11-9-20(10-12-28)27-23(29)26-14-18-6-4-8-21(13-18)30-16-22(24)25/h2-8,13,20,22H,9-12,14-16H2,1H3,(H2,26,27,29). The van der Waals surface area contributed by atoms with Crippen LogP contribution in [0.3, 0.4) is 0 Å². The molecule has 1 aliphatic heterocycles. The number of nitrogens with zero attached hydrogens (tertiary/aromatic N) is 1. The fourth-order valence-electron chi connectivity index (χ4n) is 3.59. The lowest BCUT2D eigenvalue weighted by atomic mass is 10.0. The number of aryl methyl sites for hydroxylation is 1. The Hall–Kier alpha value is -2.67. The predicted octanol–water partition coefficient (Wildman–Crippen LogP) is 4.10. The first kappa shape index (κ1) is 22.0. The van der Waals surface area contributed by atoms with Crippen molar-refractivity contribution in [2.75, 3.05) is 19.7 Å². The number of piperidine rings is 1. The molecule has 0 unspecified atom stereocenters. The van der Waals surface area contributed by atoms with Gasteiger partial charge in [0, 0.05) is 32.2 Å². The zero-order chi connectivity index (χ0) is 21.3. The van der Waals surface area contributed by atoms with Crippen LogP contribution in [0.25, 0.3) is 0 Å². The molecule has 30 heavy (non-hydrogen) atoms. The number of nitrogens with one attached hydrogen (secondary N) is 2. The SMILES string of the molecule is Cc1ccccc1CN1CCC(NC(=O)NCc2cccc(OCC(F)F)c2)CC1. The van der Waals surface area contributed by atoms with E-state index in [0.29, 0.717) is 12.3 Å². The highest BCUT2D eigenvalue weighted by Gasteiger charge is 2.21. The van der Waals surface area contributed by atoms with Crippen LogP contribution in [0.1, 0.15) is 29.5 Å². The minimum atomic E-state index is -2.51. The van der Waals surface area contributed by atoms with Gasteiger partial charge in [0.25, 0.3) is 6.43 Å². The number of amides is 2. The Morgan fingerprint density at radius 1 is 1.17 bits per heavy atom. The summed E-state index contributed by atoms with van der Waals surface area (Å²) in [6, 6.07) is 15.2. The molecule has 0 spiro atoms. The monoisotopic (exact) mass is 417 g/mol. The Labute approximate surface area is 176 Å². The van der Waals surface area contributed by atoms with Crippen molar-refractivity contribution in [2.24, 2.45) is 0 Å². The molecule has 1 fully saturated rings. The van der Waals surface area contributed by atoms with Gasteiger partial charge in [0.15, 0.2) is 0 Å². The van der Waals surface area contributed by atoms with Crippen LogP contribution >= 0.6 is 0 Å². The number of halogens is 2. The first-order valence-corrected chi connectivity index (χ1v) is 10.3. The fraction of sp³-hybridized carbons (Fsp3) is 0.435. The van der Waals surface area contributed by atoms with Gasteiger partial charge >= 0.3 is 6.03 Å². The lowest BCUT2D eigenvalue weighted by molar-refractivity contribution is 0.0818. The van der Waals surface area contributed by atoms with Crippen LogP contribution in [0, 0.1) is 6.92 Å². The summed E-state index contributed by atoms with van der Waals surface area (Å²) in [5.74, 6) is 0.371. The highest BCUT2D eigenvalue weighted by molar-refractivity contribution is 5.74. The fourth-order valence-corrected chi connectivity index (χ4v) is 3.59. The zero-order valence-electron chi connectivity index (χ0n) is 17.2. The van der Waals surface area contributed by atoms with Gasteiger partial charge in [0.1, 0.15) is 12.4 Å². The lowest BCUT2D eigenvalue weighted by Gasteiger charge is -2.32. The number of urea groups is 1. The minimum Gasteiger partial charge on any atom is -0.488 e. The van der Waals surface area contributed by atoms with E-state index in [0.717, 1.165) is 38.0 Å². The van der Waals surface area contributed by atoms with E-state index in [1.54, 1.807) is 18.2 Å². The van der Waals surface area contributed by atoms with E-state index >= 15 is 0 Å². The molecule has 1 saturated heterocycles. The third-order valence-electron chi connectivity index (χ3n) is 5.31. The van der Waals surface area contributed by atoms with Crippen molar-refractivity contribution in [2.45, 2.75) is 45.3 Å². The summed E-state index contributed by atoms with van der Waals surface area (Å²) in [4.78, 5) is 14.7. The van der Waals surface area contributed by atoms with Crippen molar-refractivity contribution < 1.29 is 18.3 Å². The van der Waals surface area contributed by atoms with E-state index in [1.807, 2.05) is 6.07 Å². The third-order valence-corrected chi connectivity index (χ3v) is 5.31. The van der Waals surface area contributed by atoms with Crippen molar-refractivity contribution in [3.05, 3.63) is 65.2 Å². The molecule has 162 valence electrons. The van der Waals surface area contributed by atoms with Gasteiger partial charge in [0.05, 0.1) is 0 Å². The molecule has 2 amide bonds. The molecule has 1 aliphatic rings. The molecule has 0 aliphatic carbocycles. The Morgan fingerprint density at radius 2 is 1.93 bits per heavy atom. The van der Waals surface area contributed by atoms with Crippen LogP contribution in [0.2, 0.25) is 0 Å². The molecule has 2 N–H and O–H groups in total. The third kappa shape index (κ3) is 6.99. The summed E-state index contributed by atoms with van der Waals surface area (Å²) in [6.45, 7) is 4.64. The maximum Gasteiger partial charge on any atom is 0.315 e. The van der Waals surface area contributed by atoms with E-state index in [4.69, 9.17) is 4.74 Å². The van der Waals surface area contributed by atoms with Gasteiger partial charge in [-0.05, 0) is 48.6 Å². The number of carbonyl (C=O) groups is 1. The number of hydrogen-bond acceptors (Lipinski definition) is 3. The summed E-state index contributed by atoms with van der Waals surface area (Å²) in [7, 11) is 0. The molecule has 7 heteroatoms. The van der Waals surface area contributed by atoms with Crippen molar-refractivity contribution >= 4 is 6.03 Å². The van der Waals surface area contributed by atoms with Crippen molar-refractivity contribution in [3.8, 4) is 5.75 Å². The number of carbonyl (C=O) groups excluding carboxylic acids is 1. The largest absolute Gasteiger partial charge is 0.488 e. The van der Waals surface area contributed by atoms with Gasteiger partial charge in [-0.1, -0.05) is 36.4 Å². The molecule has 2 aromatic rings. The number of hydrogen-bond donors (Lipinski definition) is 2. The molecular formula is C23H29F2N3O2. The molecular weight excluding hydrogens is 388 g/mol. The average Bonchev–Trinajstić information content (AvgIpc) is 2.74. The molecule has 2 aromatic carbocycles. The molecule has 5 nitrogen and oxygen atoms in total. The maximum absolute atomic E-state index is 12.3. The zero-order valence-corrected chi connectivity index (χ0v) is 17.2. The van der Waals surface area contributed by atoms with E-state index < -0.39 is 13.0 Å². The molecule has 0 radical (unpaired) electrons. The maximum atomic E-state index is 12.3. The van der Waals surface area contributed by atoms with Crippen molar-refractivity contribution in [3.63, 3.8) is 0 Å². The quantitative estimate of drug-likeness (QED) is 0.680. The Bertz CT molecular complexity index is 824. The predicted molar refractivity (Wildman–Crippen MR) is 113 cm³/mol. The first-order chi connectivity index (χ1) is 14.5. The second kappa shape index (κ2) is 10.9. The van der Waals surface area contributed by atoms with E-state index in [-0.39, 0.29) is 12.1 Å². The van der Waals surface area contributed by atoms with Crippen LogP contribution in [0.4, 0.5) is 13.6 Å². The normalized spacial score (nSPS) is 15.2. The van der Waals surface area contributed by atoms with Gasteiger partial charge in [0.2, 0.25) is 0 Å². The Balaban J connectivity index is 1.38. The second-order valence-electron chi connectivity index (χ2n) is 7.65. The second-order valence-corrected chi connectivity index (χ2v) is 7.65. The molecule has 0 atom stereocenters. The molecule has 0 saturated carbocycles. The molecule has 1 heterocycles. The van der Waals surface area contributed by atoms with Gasteiger partial charge in [-0.2, -0.15) is 0 Å². The number of ether oxygens (including phenoxy) is 1. The number of alkyl halides is 2. The van der Waals surface area contributed by atoms with E-state index in [1.165, 1.54) is 11.1 Å². The molecule has 0 bridgehead atoms. The topological polar surface area (TPSA) is 53.6 Å². The van der Waals surface area contributed by atoms with Gasteiger partial charge in [-0.3, -0.25) is 4.90 Å². The first-order valence-electron chi connectivity index (χ1n) is 10.3. The summed E-state index contributed by atoms with van der Waals surface area (Å²) in [6.07, 6.45) is -0.687. The molecule has 0 aromatic heterocycles. The van der Waals surface area contributed by atoms with E-state index in [2.05, 4.69) is 46.7 Å². The number of likely N-dealkylation sites (tertiary alicyclic amines) is 1. The number of rotatable bonds is 8. The smallest absolute Gasteiger partial charge is 0.315 e. The summed E-state index contributed by atoms with van der Waals surface area (Å²) < 4.78 is 29.5. The van der Waals surface area contributed by atoms with Crippen molar-refractivity contribution in [1.82, 2.24) is 15.5 Å². The minimum absolute atomic E-state index is 0.152. The highest BCUT2D eigenvalue weighted by atomic mass is 19.3. The van der Waals surface area contributed by atoms with Gasteiger partial charge in [-0.25, -0.2) is 13.6 Å². The van der Waals surface area contributed by atoms with Crippen LogP contribution in [-0.2, 0) is 13.1 Å². The van der Waals surface area contributed by atoms with Gasteiger partial charge in [-0.15, -0.1) is 0 Å². The van der Waals surface area contributed by atoms with Crippen LogP contribution < -0.4 is 15.4 Å². The molecule has 3 rings (SSSR count). The summed E-state index contributed by atoms with van der Waals surface area (Å²) in [5.41, 5.74) is 3.45. The lowest BCUT2D eigenvalue weighted by Crippen LogP contribution is -2.47. The van der Waals surface area contributed by atoms with Crippen LogP contribution in [0.15, 0.2) is 48.5 Å². The summed E-state index contributed by atoms with van der Waals surface area (Å²) in [5, 5.41) is 5.86. The number of benzene rings is 2. The Morgan fingerprint density at radius 3 is 2.67 bits per heavy atom. The summed E-state index contributed by atoms with van der Waals surface area (Å²) >= 11 is 0. The average molecular weight is 418 g/mol. The van der Waals surface area contributed by atoms with E-state index in [9.17, 15) is 13.6 Å². The van der Waals surface area contributed by atoms with Crippen molar-refractivity contribution in [1.29, 1.82) is 0 Å². The van der Waals surface area contributed by atoms with Crippen LogP contribution in [-0.4, -0.2) is 43.1 Å². The highest BCUT2D eigenvalue weighted by Crippen LogP contribution is 2.17. The Kier molecular flexibility index (Phi) is 8.02. The van der Waals surface area contributed by atoms with Gasteiger partial charge < -0.3 is 15.4 Å². The van der Waals surface area contributed by atoms with Crippen LogP contribution in [0.5, 0.6) is 5.75 Å².